The average molecular weight is 128 g/mol. The first-order valence-corrected chi connectivity index (χ1v) is 2.99. The molecule has 0 radical (unpaired) electrons. The predicted molar refractivity (Wildman–Crippen MR) is 37.5 cm³/mol. The lowest BCUT2D eigenvalue weighted by Crippen LogP contribution is -1.95. The number of nitrogens with one attached hydrogen (secondary N) is 1. The van der Waals surface area contributed by atoms with Crippen molar-refractivity contribution < 1.29 is 5.84 Å². The first-order valence-electron chi connectivity index (χ1n) is 2.99. The van der Waals surface area contributed by atoms with Crippen LogP contribution in [0.2, 0.25) is 0 Å². The quantitative estimate of drug-likeness (QED) is 0.658. The summed E-state index contributed by atoms with van der Waals surface area (Å²) in [5.41, 5.74) is 0. The zero-order chi connectivity index (χ0) is 6.69. The fraction of sp³-hybridized carbons (Fsp3) is 0.500. The minimum Gasteiger partial charge on any atom is -0.429 e. The highest BCUT2D eigenvalue weighted by atomic mass is 16.4. The van der Waals surface area contributed by atoms with E-state index in [1.807, 2.05) is 13.8 Å². The number of hydrogen-bond acceptors (Lipinski definition) is 3. The molecule has 0 fully saturated rings. The van der Waals surface area contributed by atoms with Crippen molar-refractivity contribution in [2.75, 3.05) is 11.9 Å². The molecular weight excluding hydrogens is 116 g/mol. The molecule has 1 aromatic rings. The van der Waals surface area contributed by atoms with Gasteiger partial charge in [-0.05, 0) is 13.8 Å². The van der Waals surface area contributed by atoms with Crippen LogP contribution < -0.4 is 5.32 Å². The molecule has 9 heavy (non-hydrogen) atoms. The summed E-state index contributed by atoms with van der Waals surface area (Å²) in [5.74, 6) is 0.839. The van der Waals surface area contributed by atoms with Gasteiger partial charge >= 0.3 is 0 Å². The van der Waals surface area contributed by atoms with Gasteiger partial charge in [-0.1, -0.05) is 0 Å². The third-order valence-corrected chi connectivity index (χ3v) is 0.949. The zero-order valence-corrected chi connectivity index (χ0v) is 5.64. The molecule has 52 valence electrons. The van der Waals surface area contributed by atoms with Crippen LogP contribution in [0.15, 0.2) is 10.6 Å². The van der Waals surface area contributed by atoms with Gasteiger partial charge < -0.3 is 9.73 Å². The number of aromatic nitrogens is 1. The van der Waals surface area contributed by atoms with Crippen molar-refractivity contribution in [2.45, 2.75) is 13.8 Å². The van der Waals surface area contributed by atoms with Crippen molar-refractivity contribution in [1.82, 2.24) is 4.98 Å². The molecule has 0 saturated heterocycles. The van der Waals surface area contributed by atoms with Crippen LogP contribution in [-0.4, -0.2) is 11.5 Å². The van der Waals surface area contributed by atoms with Crippen LogP contribution in [0.25, 0.3) is 0 Å². The maximum Gasteiger partial charge on any atom is 0.294 e. The lowest BCUT2D eigenvalue weighted by Gasteiger charge is -1.91. The van der Waals surface area contributed by atoms with E-state index < -0.39 is 0 Å². The second-order valence-corrected chi connectivity index (χ2v) is 1.81. The Bertz CT molecular complexity index is 188. The summed E-state index contributed by atoms with van der Waals surface area (Å²) in [4.78, 5) is 3.93. The van der Waals surface area contributed by atoms with Crippen LogP contribution in [0.5, 0.6) is 0 Å². The first kappa shape index (κ1) is 6.13. The third-order valence-electron chi connectivity index (χ3n) is 0.949. The van der Waals surface area contributed by atoms with E-state index in [0.717, 1.165) is 12.3 Å². The summed E-state index contributed by atoms with van der Waals surface area (Å²) in [6.07, 6.45) is 1.69. The fourth-order valence-electron chi connectivity index (χ4n) is 0.588. The van der Waals surface area contributed by atoms with Gasteiger partial charge in [-0.2, -0.15) is 0 Å². The fourth-order valence-corrected chi connectivity index (χ4v) is 0.588. The molecule has 0 aromatic carbocycles. The van der Waals surface area contributed by atoms with Crippen LogP contribution in [0, 0.1) is 6.92 Å². The first-order chi connectivity index (χ1) is 4.33. The molecule has 0 bridgehead atoms. The highest BCUT2D eigenvalue weighted by Crippen LogP contribution is 2.05. The Hall–Kier alpha value is -0.990. The lowest BCUT2D eigenvalue weighted by atomic mass is 10.6. The third kappa shape index (κ3) is 1.45. The molecule has 1 heterocycles. The van der Waals surface area contributed by atoms with E-state index in [4.69, 9.17) is 4.42 Å². The van der Waals surface area contributed by atoms with Gasteiger partial charge in [0.1, 0.15) is 5.76 Å². The monoisotopic (exact) mass is 128 g/mol. The summed E-state index contributed by atoms with van der Waals surface area (Å²) in [6, 6.07) is 0.606. The standard InChI is InChI=1S/C6H10N2O.H2/c1-3-7-6-8-4-5(2)9-6;/h4H,3H2,1-2H3,(H,7,8);1H. The Balaban J connectivity index is 0.000000810. The van der Waals surface area contributed by atoms with Gasteiger partial charge in [0.25, 0.3) is 6.01 Å². The van der Waals surface area contributed by atoms with Crippen LogP contribution in [0.4, 0.5) is 6.01 Å². The Morgan fingerprint density at radius 2 is 2.67 bits per heavy atom. The molecule has 0 atom stereocenters. The normalized spacial score (nSPS) is 9.56. The van der Waals surface area contributed by atoms with Crippen LogP contribution in [0.3, 0.4) is 0 Å². The minimum atomic E-state index is 0. The molecule has 3 heteroatoms. The summed E-state index contributed by atoms with van der Waals surface area (Å²) < 4.78 is 5.10. The molecule has 3 nitrogen and oxygen atoms in total. The number of oxazole rings is 1. The van der Waals surface area contributed by atoms with Gasteiger partial charge in [-0.15, -0.1) is 0 Å². The van der Waals surface area contributed by atoms with E-state index in [-0.39, 0.29) is 1.43 Å². The van der Waals surface area contributed by atoms with E-state index >= 15 is 0 Å². The lowest BCUT2D eigenvalue weighted by molar-refractivity contribution is 0.541. The van der Waals surface area contributed by atoms with Crippen molar-refractivity contribution in [3.63, 3.8) is 0 Å². The second-order valence-electron chi connectivity index (χ2n) is 1.81. The van der Waals surface area contributed by atoms with Crippen LogP contribution >= 0.6 is 0 Å². The molecule has 0 aliphatic carbocycles. The van der Waals surface area contributed by atoms with Gasteiger partial charge in [-0.3, -0.25) is 0 Å². The van der Waals surface area contributed by atoms with E-state index in [1.54, 1.807) is 6.20 Å². The maximum absolute atomic E-state index is 5.10. The van der Waals surface area contributed by atoms with Crippen molar-refractivity contribution in [1.29, 1.82) is 0 Å². The zero-order valence-electron chi connectivity index (χ0n) is 5.64. The molecule has 0 aliphatic heterocycles. The number of anilines is 1. The van der Waals surface area contributed by atoms with Crippen molar-refractivity contribution in [3.05, 3.63) is 12.0 Å². The summed E-state index contributed by atoms with van der Waals surface area (Å²) in [5, 5.41) is 2.95. The summed E-state index contributed by atoms with van der Waals surface area (Å²) >= 11 is 0. The highest BCUT2D eigenvalue weighted by Gasteiger charge is 1.94. The average Bonchev–Trinajstić information content (AvgIpc) is 2.17. The Kier molecular flexibility index (Phi) is 1.72. The predicted octanol–water partition coefficient (Wildman–Crippen LogP) is 1.66. The molecule has 1 aromatic heterocycles. The number of nitrogens with zero attached hydrogens (tertiary/aromatic N) is 1. The largest absolute Gasteiger partial charge is 0.429 e. The Morgan fingerprint density at radius 1 is 1.89 bits per heavy atom. The van der Waals surface area contributed by atoms with E-state index in [9.17, 15) is 0 Å². The molecule has 0 spiro atoms. The van der Waals surface area contributed by atoms with E-state index in [1.165, 1.54) is 0 Å². The van der Waals surface area contributed by atoms with Crippen LogP contribution in [-0.2, 0) is 0 Å². The second kappa shape index (κ2) is 2.53. The minimum absolute atomic E-state index is 0. The number of hydrogen-bond donors (Lipinski definition) is 1. The number of aryl methyl sites for hydroxylation is 1. The molecule has 0 amide bonds. The molecule has 1 N–H and O–H groups in total. The molecule has 1 rings (SSSR count). The molecule has 0 unspecified atom stereocenters. The molecule has 0 aliphatic rings. The van der Waals surface area contributed by atoms with Gasteiger partial charge in [0, 0.05) is 7.97 Å². The van der Waals surface area contributed by atoms with E-state index in [2.05, 4.69) is 10.3 Å². The highest BCUT2D eigenvalue weighted by molar-refractivity contribution is 5.18. The molecular formula is C6H12N2O. The van der Waals surface area contributed by atoms with Crippen LogP contribution in [0.1, 0.15) is 14.1 Å². The van der Waals surface area contributed by atoms with Gasteiger partial charge in [0.05, 0.1) is 6.20 Å². The van der Waals surface area contributed by atoms with Gasteiger partial charge in [-0.25, -0.2) is 4.98 Å². The molecule has 0 saturated carbocycles. The smallest absolute Gasteiger partial charge is 0.294 e. The Morgan fingerprint density at radius 3 is 3.11 bits per heavy atom. The van der Waals surface area contributed by atoms with E-state index in [0.29, 0.717) is 6.01 Å². The Labute approximate surface area is 55.6 Å². The topological polar surface area (TPSA) is 38.1 Å². The SMILES string of the molecule is CCNc1ncc(C)o1.[HH]. The van der Waals surface area contributed by atoms with Gasteiger partial charge in [0.2, 0.25) is 0 Å². The summed E-state index contributed by atoms with van der Waals surface area (Å²) in [6.45, 7) is 4.72. The van der Waals surface area contributed by atoms with Crippen molar-refractivity contribution in [2.24, 2.45) is 0 Å². The van der Waals surface area contributed by atoms with Crippen molar-refractivity contribution in [3.8, 4) is 0 Å². The maximum atomic E-state index is 5.10. The van der Waals surface area contributed by atoms with Crippen molar-refractivity contribution >= 4 is 6.01 Å². The summed E-state index contributed by atoms with van der Waals surface area (Å²) in [7, 11) is 0. The number of rotatable bonds is 2. The van der Waals surface area contributed by atoms with Gasteiger partial charge in [0.15, 0.2) is 0 Å².